The zero-order chi connectivity index (χ0) is 29.8. The van der Waals surface area contributed by atoms with Crippen LogP contribution in [0.4, 0.5) is 0 Å². The Morgan fingerprint density at radius 2 is 1.20 bits per heavy atom. The molecule has 9 rings (SSSR count). The van der Waals surface area contributed by atoms with E-state index in [1.54, 1.807) is 0 Å². The smallest absolute Gasteiger partial charge is 0.0972 e. The Bertz CT molecular complexity index is 2260. The van der Waals surface area contributed by atoms with E-state index in [1.807, 2.05) is 0 Å². The molecule has 3 aliphatic rings. The molecular formula is C42H34N2. The minimum absolute atomic E-state index is 0.0204. The minimum atomic E-state index is -0.0444. The third-order valence-corrected chi connectivity index (χ3v) is 10.7. The van der Waals surface area contributed by atoms with Gasteiger partial charge in [-0.3, -0.25) is 0 Å². The lowest BCUT2D eigenvalue weighted by Crippen LogP contribution is -2.17. The number of hydrogen-bond donors (Lipinski definition) is 0. The largest absolute Gasteiger partial charge is 0.245 e. The summed E-state index contributed by atoms with van der Waals surface area (Å²) >= 11 is 0. The summed E-state index contributed by atoms with van der Waals surface area (Å²) in [5.74, 6) is 0.495. The number of allylic oxidation sites excluding steroid dienone is 4. The highest BCUT2D eigenvalue weighted by Gasteiger charge is 2.41. The van der Waals surface area contributed by atoms with Gasteiger partial charge >= 0.3 is 0 Å². The van der Waals surface area contributed by atoms with Crippen LogP contribution in [0.15, 0.2) is 121 Å². The first-order valence-electron chi connectivity index (χ1n) is 15.8. The standard InChI is InChI=1S/C42H34N2/c1-41(2)33-11-7-5-9-29(33)31-19-15-27(23-35(31)41)37-21-17-25-13-14-26-18-22-38(44-40(26)39(25)43-37)28-16-20-32-30-10-6-8-12-34(30)42(3,4)36(32)24-28/h5-9,11-24,30H,10H2,1-4H3. The molecule has 44 heavy (non-hydrogen) atoms. The quantitative estimate of drug-likeness (QED) is 0.195. The molecule has 4 aromatic carbocycles. The number of benzene rings is 4. The topological polar surface area (TPSA) is 25.8 Å². The van der Waals surface area contributed by atoms with Crippen LogP contribution in [0.2, 0.25) is 0 Å². The van der Waals surface area contributed by atoms with Crippen molar-refractivity contribution in [2.75, 3.05) is 0 Å². The molecule has 0 radical (unpaired) electrons. The van der Waals surface area contributed by atoms with Crippen LogP contribution >= 0.6 is 0 Å². The third-order valence-electron chi connectivity index (χ3n) is 10.7. The van der Waals surface area contributed by atoms with Crippen LogP contribution in [0.25, 0.3) is 55.4 Å². The van der Waals surface area contributed by atoms with E-state index in [2.05, 4.69) is 143 Å². The first-order chi connectivity index (χ1) is 21.3. The number of nitrogens with zero attached hydrogens (tertiary/aromatic N) is 2. The van der Waals surface area contributed by atoms with E-state index in [4.69, 9.17) is 9.97 Å². The van der Waals surface area contributed by atoms with Crippen molar-refractivity contribution in [2.45, 2.75) is 50.9 Å². The summed E-state index contributed by atoms with van der Waals surface area (Å²) in [5, 5.41) is 2.22. The Morgan fingerprint density at radius 1 is 0.591 bits per heavy atom. The molecule has 0 amide bonds. The summed E-state index contributed by atoms with van der Waals surface area (Å²) in [6.45, 7) is 9.39. The van der Waals surface area contributed by atoms with Gasteiger partial charge in [-0.05, 0) is 64.1 Å². The van der Waals surface area contributed by atoms with Crippen molar-refractivity contribution < 1.29 is 0 Å². The maximum Gasteiger partial charge on any atom is 0.0972 e. The minimum Gasteiger partial charge on any atom is -0.245 e. The first-order valence-corrected chi connectivity index (χ1v) is 15.8. The molecule has 0 fully saturated rings. The number of pyridine rings is 2. The van der Waals surface area contributed by atoms with Gasteiger partial charge < -0.3 is 0 Å². The molecule has 2 nitrogen and oxygen atoms in total. The second-order valence-electron chi connectivity index (χ2n) is 13.8. The van der Waals surface area contributed by atoms with Crippen molar-refractivity contribution >= 4 is 21.8 Å². The fourth-order valence-corrected chi connectivity index (χ4v) is 8.24. The fourth-order valence-electron chi connectivity index (χ4n) is 8.24. The van der Waals surface area contributed by atoms with Gasteiger partial charge in [-0.25, -0.2) is 9.97 Å². The summed E-state index contributed by atoms with van der Waals surface area (Å²) in [6.07, 6.45) is 7.94. The van der Waals surface area contributed by atoms with Crippen LogP contribution in [-0.2, 0) is 10.8 Å². The number of hydrogen-bond acceptors (Lipinski definition) is 2. The highest BCUT2D eigenvalue weighted by atomic mass is 14.8. The SMILES string of the molecule is CC1(C)C2=CC=CCC2c2ccc(-c3ccc4ccc5ccc(-c6ccc7c(c6)C(C)(C)c6ccccc6-7)nc5c4n3)cc21. The Hall–Kier alpha value is -4.82. The van der Waals surface area contributed by atoms with Crippen molar-refractivity contribution in [3.8, 4) is 33.6 Å². The monoisotopic (exact) mass is 566 g/mol. The second-order valence-corrected chi connectivity index (χ2v) is 13.8. The Morgan fingerprint density at radius 3 is 1.93 bits per heavy atom. The van der Waals surface area contributed by atoms with Crippen molar-refractivity contribution in [1.82, 2.24) is 9.97 Å². The predicted octanol–water partition coefficient (Wildman–Crippen LogP) is 10.7. The lowest BCUT2D eigenvalue weighted by atomic mass is 9.79. The van der Waals surface area contributed by atoms with E-state index >= 15 is 0 Å². The molecule has 0 aliphatic heterocycles. The zero-order valence-corrected chi connectivity index (χ0v) is 25.6. The van der Waals surface area contributed by atoms with Gasteiger partial charge in [0.2, 0.25) is 0 Å². The van der Waals surface area contributed by atoms with Gasteiger partial charge in [-0.15, -0.1) is 0 Å². The number of aromatic nitrogens is 2. The van der Waals surface area contributed by atoms with Gasteiger partial charge in [0.05, 0.1) is 22.4 Å². The second kappa shape index (κ2) is 8.86. The number of rotatable bonds is 2. The van der Waals surface area contributed by atoms with Gasteiger partial charge in [0.15, 0.2) is 0 Å². The van der Waals surface area contributed by atoms with E-state index in [9.17, 15) is 0 Å². The molecule has 1 atom stereocenters. The Kier molecular flexibility index (Phi) is 5.17. The maximum atomic E-state index is 5.29. The van der Waals surface area contributed by atoms with Crippen LogP contribution in [0, 0.1) is 0 Å². The summed E-state index contributed by atoms with van der Waals surface area (Å²) < 4.78 is 0. The van der Waals surface area contributed by atoms with Gasteiger partial charge in [-0.2, -0.15) is 0 Å². The zero-order valence-electron chi connectivity index (χ0n) is 25.6. The van der Waals surface area contributed by atoms with Crippen molar-refractivity contribution in [1.29, 1.82) is 0 Å². The van der Waals surface area contributed by atoms with Crippen molar-refractivity contribution in [3.05, 3.63) is 143 Å². The average molecular weight is 567 g/mol. The molecule has 3 aliphatic carbocycles. The first kappa shape index (κ1) is 25.7. The van der Waals surface area contributed by atoms with Gasteiger partial charge in [0.25, 0.3) is 0 Å². The average Bonchev–Trinajstić information content (AvgIpc) is 3.43. The summed E-state index contributed by atoms with van der Waals surface area (Å²) in [5.41, 5.74) is 16.0. The van der Waals surface area contributed by atoms with E-state index in [0.29, 0.717) is 5.92 Å². The molecule has 6 aromatic rings. The van der Waals surface area contributed by atoms with Crippen LogP contribution in [-0.4, -0.2) is 9.97 Å². The van der Waals surface area contributed by atoms with Crippen LogP contribution in [0.5, 0.6) is 0 Å². The lowest BCUT2D eigenvalue weighted by Gasteiger charge is -2.25. The Labute approximate surface area is 258 Å². The molecular weight excluding hydrogens is 532 g/mol. The van der Waals surface area contributed by atoms with E-state index in [1.165, 1.54) is 44.5 Å². The third kappa shape index (κ3) is 3.48. The molecule has 212 valence electrons. The maximum absolute atomic E-state index is 5.29. The lowest BCUT2D eigenvalue weighted by molar-refractivity contribution is 0.612. The highest BCUT2D eigenvalue weighted by Crippen LogP contribution is 2.53. The summed E-state index contributed by atoms with van der Waals surface area (Å²) in [7, 11) is 0. The van der Waals surface area contributed by atoms with Crippen molar-refractivity contribution in [2.24, 2.45) is 0 Å². The molecule has 0 bridgehead atoms. The summed E-state index contributed by atoms with van der Waals surface area (Å²) in [6, 6.07) is 35.7. The fraction of sp³-hybridized carbons (Fsp3) is 0.190. The molecule has 2 heterocycles. The molecule has 0 N–H and O–H groups in total. The van der Waals surface area contributed by atoms with Crippen LogP contribution in [0.1, 0.15) is 62.3 Å². The van der Waals surface area contributed by atoms with Crippen LogP contribution < -0.4 is 0 Å². The molecule has 2 aromatic heterocycles. The molecule has 2 heteroatoms. The van der Waals surface area contributed by atoms with Gasteiger partial charge in [0, 0.05) is 38.6 Å². The highest BCUT2D eigenvalue weighted by molar-refractivity contribution is 6.04. The molecule has 1 unspecified atom stereocenters. The summed E-state index contributed by atoms with van der Waals surface area (Å²) in [4.78, 5) is 10.6. The normalized spacial score (nSPS) is 18.5. The molecule has 0 spiro atoms. The van der Waals surface area contributed by atoms with Crippen LogP contribution in [0.3, 0.4) is 0 Å². The van der Waals surface area contributed by atoms with E-state index in [-0.39, 0.29) is 10.8 Å². The van der Waals surface area contributed by atoms with Crippen molar-refractivity contribution in [3.63, 3.8) is 0 Å². The van der Waals surface area contributed by atoms with Gasteiger partial charge in [0.1, 0.15) is 0 Å². The molecule has 0 saturated heterocycles. The molecule has 0 saturated carbocycles. The van der Waals surface area contributed by atoms with Gasteiger partial charge in [-0.1, -0.05) is 124 Å². The number of fused-ring (bicyclic) bond motifs is 9. The van der Waals surface area contributed by atoms with E-state index in [0.717, 1.165) is 45.2 Å². The van der Waals surface area contributed by atoms with E-state index < -0.39 is 0 Å². The Balaban J connectivity index is 1.16. The predicted molar refractivity (Wildman–Crippen MR) is 183 cm³/mol.